The summed E-state index contributed by atoms with van der Waals surface area (Å²) in [5.41, 5.74) is 12.8. The average Bonchev–Trinajstić information content (AvgIpc) is 3.66. The molecule has 0 bridgehead atoms. The van der Waals surface area contributed by atoms with E-state index in [0.29, 0.717) is 17.5 Å². The molecule has 0 atom stereocenters. The van der Waals surface area contributed by atoms with Crippen LogP contribution in [0.1, 0.15) is 0 Å². The minimum atomic E-state index is 0.600. The van der Waals surface area contributed by atoms with Gasteiger partial charge in [0.1, 0.15) is 0 Å². The fourth-order valence-electron chi connectivity index (χ4n) is 8.48. The first-order valence-electron chi connectivity index (χ1n) is 19.9. The third-order valence-corrected chi connectivity index (χ3v) is 11.3. The highest BCUT2D eigenvalue weighted by molar-refractivity contribution is 6.10. The number of benzene rings is 9. The Hall–Kier alpha value is -7.95. The van der Waals surface area contributed by atoms with Gasteiger partial charge in [0.15, 0.2) is 17.5 Å². The van der Waals surface area contributed by atoms with Crippen LogP contribution in [0.4, 0.5) is 0 Å². The van der Waals surface area contributed by atoms with Crippen molar-refractivity contribution < 1.29 is 0 Å². The smallest absolute Gasteiger partial charge is 0.166 e. The van der Waals surface area contributed by atoms with Crippen LogP contribution >= 0.6 is 0 Å². The van der Waals surface area contributed by atoms with Gasteiger partial charge in [0.25, 0.3) is 0 Å². The molecular weight excluding hydrogens is 717 g/mol. The molecule has 0 saturated heterocycles. The van der Waals surface area contributed by atoms with Crippen LogP contribution in [-0.2, 0) is 0 Å². The zero-order valence-electron chi connectivity index (χ0n) is 32.1. The van der Waals surface area contributed by atoms with E-state index in [1.54, 1.807) is 0 Å². The lowest BCUT2D eigenvalue weighted by molar-refractivity contribution is 1.07. The van der Waals surface area contributed by atoms with Gasteiger partial charge in [0.2, 0.25) is 0 Å². The summed E-state index contributed by atoms with van der Waals surface area (Å²) in [6.45, 7) is 0. The average molecular weight is 753 g/mol. The summed E-state index contributed by atoms with van der Waals surface area (Å²) >= 11 is 0. The van der Waals surface area contributed by atoms with Crippen LogP contribution in [0.5, 0.6) is 0 Å². The molecule has 9 aromatic carbocycles. The molecule has 0 aliphatic carbocycles. The molecule has 0 spiro atoms. The minimum Gasteiger partial charge on any atom is -0.308 e. The number of hydrogen-bond donors (Lipinski definition) is 0. The lowest BCUT2D eigenvalue weighted by atomic mass is 9.96. The van der Waals surface area contributed by atoms with E-state index in [4.69, 9.17) is 15.0 Å². The van der Waals surface area contributed by atoms with Gasteiger partial charge in [0.05, 0.1) is 16.7 Å². The standard InChI is InChI=1S/C55H36N4/c1-4-17-37(18-5-1)40-31-34-49(52(36-40)59-50-29-14-12-25-46(50)47-26-13-15-30-51(47)59)55-57-53(56-54(58-55)48-27-11-10-24-44(48)39-21-8-3-9-22-39)42-32-33-45-41(35-42)23-16-28-43(45)38-19-6-2-7-20-38/h1-36H. The van der Waals surface area contributed by atoms with Crippen LogP contribution in [0.2, 0.25) is 0 Å². The number of para-hydroxylation sites is 2. The van der Waals surface area contributed by atoms with Crippen molar-refractivity contribution in [2.45, 2.75) is 0 Å². The van der Waals surface area contributed by atoms with Gasteiger partial charge in [0, 0.05) is 27.5 Å². The maximum Gasteiger partial charge on any atom is 0.166 e. The molecule has 0 fully saturated rings. The third kappa shape index (κ3) is 6.15. The molecule has 0 unspecified atom stereocenters. The monoisotopic (exact) mass is 752 g/mol. The Morgan fingerprint density at radius 1 is 0.271 bits per heavy atom. The van der Waals surface area contributed by atoms with Gasteiger partial charge in [-0.2, -0.15) is 0 Å². The van der Waals surface area contributed by atoms with Crippen LogP contribution in [0, 0.1) is 0 Å². The van der Waals surface area contributed by atoms with Crippen LogP contribution < -0.4 is 0 Å². The van der Waals surface area contributed by atoms with Crippen molar-refractivity contribution in [3.8, 4) is 73.2 Å². The van der Waals surface area contributed by atoms with Crippen molar-refractivity contribution in [2.75, 3.05) is 0 Å². The van der Waals surface area contributed by atoms with E-state index < -0.39 is 0 Å². The largest absolute Gasteiger partial charge is 0.308 e. The number of rotatable bonds is 7. The second-order valence-electron chi connectivity index (χ2n) is 14.8. The van der Waals surface area contributed by atoms with Gasteiger partial charge in [-0.25, -0.2) is 15.0 Å². The normalized spacial score (nSPS) is 11.4. The van der Waals surface area contributed by atoms with E-state index in [1.807, 2.05) is 6.07 Å². The van der Waals surface area contributed by atoms with E-state index >= 15 is 0 Å². The molecule has 59 heavy (non-hydrogen) atoms. The minimum absolute atomic E-state index is 0.600. The number of aromatic nitrogens is 4. The second-order valence-corrected chi connectivity index (χ2v) is 14.8. The fraction of sp³-hybridized carbons (Fsp3) is 0. The first-order valence-corrected chi connectivity index (χ1v) is 19.9. The highest BCUT2D eigenvalue weighted by atomic mass is 15.1. The van der Waals surface area contributed by atoms with Crippen molar-refractivity contribution in [1.82, 2.24) is 19.5 Å². The highest BCUT2D eigenvalue weighted by Crippen LogP contribution is 2.40. The van der Waals surface area contributed by atoms with Gasteiger partial charge in [-0.3, -0.25) is 0 Å². The van der Waals surface area contributed by atoms with Gasteiger partial charge in [-0.05, 0) is 74.5 Å². The van der Waals surface area contributed by atoms with E-state index in [1.165, 1.54) is 27.3 Å². The van der Waals surface area contributed by atoms with E-state index in [-0.39, 0.29) is 0 Å². The van der Waals surface area contributed by atoms with Crippen molar-refractivity contribution in [3.05, 3.63) is 218 Å². The highest BCUT2D eigenvalue weighted by Gasteiger charge is 2.21. The van der Waals surface area contributed by atoms with Gasteiger partial charge in [-0.1, -0.05) is 188 Å². The summed E-state index contributed by atoms with van der Waals surface area (Å²) in [6, 6.07) is 76.9. The van der Waals surface area contributed by atoms with Crippen LogP contribution in [0.3, 0.4) is 0 Å². The van der Waals surface area contributed by atoms with E-state index in [0.717, 1.165) is 61.1 Å². The predicted molar refractivity (Wildman–Crippen MR) is 244 cm³/mol. The van der Waals surface area contributed by atoms with E-state index in [2.05, 4.69) is 217 Å². The molecule has 0 saturated carbocycles. The molecule has 0 aliphatic heterocycles. The fourth-order valence-corrected chi connectivity index (χ4v) is 8.48. The summed E-state index contributed by atoms with van der Waals surface area (Å²) in [7, 11) is 0. The molecule has 2 aromatic heterocycles. The van der Waals surface area contributed by atoms with Crippen LogP contribution in [0.15, 0.2) is 218 Å². The van der Waals surface area contributed by atoms with Gasteiger partial charge < -0.3 is 4.57 Å². The summed E-state index contributed by atoms with van der Waals surface area (Å²) in [4.78, 5) is 16.1. The molecule has 4 nitrogen and oxygen atoms in total. The lowest BCUT2D eigenvalue weighted by Gasteiger charge is -2.17. The zero-order valence-corrected chi connectivity index (χ0v) is 32.1. The molecular formula is C55H36N4. The third-order valence-electron chi connectivity index (χ3n) is 11.3. The zero-order chi connectivity index (χ0) is 39.1. The maximum absolute atomic E-state index is 5.40. The Bertz CT molecular complexity index is 3260. The molecule has 2 heterocycles. The Kier molecular flexibility index (Phi) is 8.45. The van der Waals surface area contributed by atoms with Gasteiger partial charge >= 0.3 is 0 Å². The molecule has 0 N–H and O–H groups in total. The van der Waals surface area contributed by atoms with Crippen molar-refractivity contribution in [3.63, 3.8) is 0 Å². The first-order chi connectivity index (χ1) is 29.3. The molecule has 0 amide bonds. The maximum atomic E-state index is 5.40. The Labute approximate surface area is 342 Å². The molecule has 0 aliphatic rings. The van der Waals surface area contributed by atoms with Gasteiger partial charge in [-0.15, -0.1) is 0 Å². The summed E-state index contributed by atoms with van der Waals surface area (Å²) in [6.07, 6.45) is 0. The summed E-state index contributed by atoms with van der Waals surface area (Å²) in [5.74, 6) is 1.82. The molecule has 11 rings (SSSR count). The van der Waals surface area contributed by atoms with E-state index in [9.17, 15) is 0 Å². The van der Waals surface area contributed by atoms with Crippen LogP contribution in [-0.4, -0.2) is 19.5 Å². The van der Waals surface area contributed by atoms with Crippen molar-refractivity contribution >= 4 is 32.6 Å². The summed E-state index contributed by atoms with van der Waals surface area (Å²) < 4.78 is 2.37. The first kappa shape index (κ1) is 34.3. The molecule has 11 aromatic rings. The van der Waals surface area contributed by atoms with Crippen LogP contribution in [0.25, 0.3) is 106 Å². The Morgan fingerprint density at radius 3 is 1.46 bits per heavy atom. The quantitative estimate of drug-likeness (QED) is 0.163. The van der Waals surface area contributed by atoms with Crippen molar-refractivity contribution in [1.29, 1.82) is 0 Å². The predicted octanol–water partition coefficient (Wildman–Crippen LogP) is 14.1. The second kappa shape index (κ2) is 14.5. The number of hydrogen-bond acceptors (Lipinski definition) is 3. The van der Waals surface area contributed by atoms with Crippen molar-refractivity contribution in [2.24, 2.45) is 0 Å². The topological polar surface area (TPSA) is 43.6 Å². The Balaban J connectivity index is 1.18. The SMILES string of the molecule is c1ccc(-c2ccc(-c3nc(-c4ccc5c(-c6ccccc6)cccc5c4)nc(-c4ccccc4-c4ccccc4)n3)c(-n3c4ccccc4c4ccccc43)c2)cc1. The molecule has 4 heteroatoms. The molecule has 276 valence electrons. The lowest BCUT2D eigenvalue weighted by Crippen LogP contribution is -2.04. The summed E-state index contributed by atoms with van der Waals surface area (Å²) in [5, 5.41) is 4.68. The molecule has 0 radical (unpaired) electrons. The number of nitrogens with zero attached hydrogens (tertiary/aromatic N) is 4. The number of fused-ring (bicyclic) bond motifs is 4. The Morgan fingerprint density at radius 2 is 0.780 bits per heavy atom.